The van der Waals surface area contributed by atoms with E-state index in [1.54, 1.807) is 43.3 Å². The average Bonchev–Trinajstić information content (AvgIpc) is 2.62. The largest absolute Gasteiger partial charge is 0.494 e. The standard InChI is InChI=1S/C19H22N2O4/c1-3-24-17-11-9-15(10-12-17)21-19(23)14(2)20-18(22)13-25-16-7-5-4-6-8-16/h4-12,14H,3,13H2,1-2H3,(H,20,22)(H,21,23)/t14-/m1/s1. The third-order valence-electron chi connectivity index (χ3n) is 3.32. The van der Waals surface area contributed by atoms with Crippen LogP contribution in [0.2, 0.25) is 0 Å². The molecule has 1 atom stereocenters. The van der Waals surface area contributed by atoms with E-state index < -0.39 is 6.04 Å². The molecule has 0 bridgehead atoms. The molecule has 2 rings (SSSR count). The number of carbonyl (C=O) groups excluding carboxylic acids is 2. The van der Waals surface area contributed by atoms with Crippen molar-refractivity contribution in [2.24, 2.45) is 0 Å². The molecule has 0 aliphatic carbocycles. The summed E-state index contributed by atoms with van der Waals surface area (Å²) >= 11 is 0. The lowest BCUT2D eigenvalue weighted by Crippen LogP contribution is -2.43. The molecule has 0 aromatic heterocycles. The van der Waals surface area contributed by atoms with Crippen LogP contribution in [0, 0.1) is 0 Å². The summed E-state index contributed by atoms with van der Waals surface area (Å²) in [5, 5.41) is 5.34. The Morgan fingerprint density at radius 2 is 1.60 bits per heavy atom. The smallest absolute Gasteiger partial charge is 0.258 e. The van der Waals surface area contributed by atoms with Crippen LogP contribution in [0.3, 0.4) is 0 Å². The monoisotopic (exact) mass is 342 g/mol. The Balaban J connectivity index is 1.78. The van der Waals surface area contributed by atoms with Gasteiger partial charge in [-0.3, -0.25) is 9.59 Å². The molecule has 6 nitrogen and oxygen atoms in total. The highest BCUT2D eigenvalue weighted by Gasteiger charge is 2.16. The quantitative estimate of drug-likeness (QED) is 0.773. The van der Waals surface area contributed by atoms with Crippen molar-refractivity contribution in [3.63, 3.8) is 0 Å². The molecule has 25 heavy (non-hydrogen) atoms. The van der Waals surface area contributed by atoms with Crippen molar-refractivity contribution in [3.8, 4) is 11.5 Å². The fourth-order valence-electron chi connectivity index (χ4n) is 2.07. The van der Waals surface area contributed by atoms with Crippen LogP contribution in [0.1, 0.15) is 13.8 Å². The van der Waals surface area contributed by atoms with Crippen molar-refractivity contribution in [1.82, 2.24) is 5.32 Å². The first-order valence-corrected chi connectivity index (χ1v) is 8.09. The number of benzene rings is 2. The topological polar surface area (TPSA) is 76.7 Å². The van der Waals surface area contributed by atoms with Crippen molar-refractivity contribution < 1.29 is 19.1 Å². The zero-order chi connectivity index (χ0) is 18.1. The van der Waals surface area contributed by atoms with Gasteiger partial charge in [-0.15, -0.1) is 0 Å². The SMILES string of the molecule is CCOc1ccc(NC(=O)[C@@H](C)NC(=O)COc2ccccc2)cc1. The van der Waals surface area contributed by atoms with Crippen molar-refractivity contribution in [1.29, 1.82) is 0 Å². The summed E-state index contributed by atoms with van der Waals surface area (Å²) in [5.74, 6) is 0.666. The predicted octanol–water partition coefficient (Wildman–Crippen LogP) is 2.61. The van der Waals surface area contributed by atoms with Crippen molar-refractivity contribution in [2.45, 2.75) is 19.9 Å². The molecule has 0 radical (unpaired) electrons. The maximum atomic E-state index is 12.1. The van der Waals surface area contributed by atoms with Crippen molar-refractivity contribution in [2.75, 3.05) is 18.5 Å². The first kappa shape index (κ1) is 18.3. The van der Waals surface area contributed by atoms with Gasteiger partial charge in [-0.1, -0.05) is 18.2 Å². The number of nitrogens with one attached hydrogen (secondary N) is 2. The average molecular weight is 342 g/mol. The van der Waals surface area contributed by atoms with Crippen LogP contribution < -0.4 is 20.1 Å². The van der Waals surface area contributed by atoms with Gasteiger partial charge < -0.3 is 20.1 Å². The Morgan fingerprint density at radius 1 is 0.960 bits per heavy atom. The minimum Gasteiger partial charge on any atom is -0.494 e. The third-order valence-corrected chi connectivity index (χ3v) is 3.32. The Kier molecular flexibility index (Phi) is 6.83. The van der Waals surface area contributed by atoms with E-state index in [1.165, 1.54) is 0 Å². The molecule has 0 heterocycles. The summed E-state index contributed by atoms with van der Waals surface area (Å²) in [6.45, 7) is 3.95. The molecule has 0 saturated carbocycles. The predicted molar refractivity (Wildman–Crippen MR) is 95.8 cm³/mol. The molecule has 2 N–H and O–H groups in total. The second-order valence-corrected chi connectivity index (χ2v) is 5.34. The summed E-state index contributed by atoms with van der Waals surface area (Å²) in [6, 6.07) is 15.4. The summed E-state index contributed by atoms with van der Waals surface area (Å²) in [4.78, 5) is 24.0. The highest BCUT2D eigenvalue weighted by Crippen LogP contribution is 2.15. The summed E-state index contributed by atoms with van der Waals surface area (Å²) in [5.41, 5.74) is 0.634. The minimum atomic E-state index is -0.682. The van der Waals surface area contributed by atoms with Gasteiger partial charge in [0, 0.05) is 5.69 Å². The number of rotatable bonds is 8. The number of amides is 2. The molecular weight excluding hydrogens is 320 g/mol. The van der Waals surface area contributed by atoms with Crippen LogP contribution in [-0.2, 0) is 9.59 Å². The van der Waals surface area contributed by atoms with E-state index in [0.717, 1.165) is 5.75 Å². The van der Waals surface area contributed by atoms with Crippen LogP contribution in [0.5, 0.6) is 11.5 Å². The van der Waals surface area contributed by atoms with Gasteiger partial charge in [-0.25, -0.2) is 0 Å². The van der Waals surface area contributed by atoms with Gasteiger partial charge in [-0.05, 0) is 50.2 Å². The fraction of sp³-hybridized carbons (Fsp3) is 0.263. The Labute approximate surface area is 147 Å². The molecule has 0 spiro atoms. The first-order chi connectivity index (χ1) is 12.1. The minimum absolute atomic E-state index is 0.148. The highest BCUT2D eigenvalue weighted by molar-refractivity contribution is 5.97. The number of hydrogen-bond donors (Lipinski definition) is 2. The molecular formula is C19H22N2O4. The molecule has 132 valence electrons. The molecule has 2 aromatic rings. The lowest BCUT2D eigenvalue weighted by Gasteiger charge is -2.15. The zero-order valence-electron chi connectivity index (χ0n) is 14.3. The molecule has 2 aromatic carbocycles. The van der Waals surface area contributed by atoms with Gasteiger partial charge in [-0.2, -0.15) is 0 Å². The second-order valence-electron chi connectivity index (χ2n) is 5.34. The number of ether oxygens (including phenoxy) is 2. The van der Waals surface area contributed by atoms with E-state index in [-0.39, 0.29) is 18.4 Å². The number of anilines is 1. The van der Waals surface area contributed by atoms with E-state index in [0.29, 0.717) is 18.0 Å². The van der Waals surface area contributed by atoms with Gasteiger partial charge in [0.2, 0.25) is 5.91 Å². The molecule has 0 aliphatic rings. The Hall–Kier alpha value is -3.02. The third kappa shape index (κ3) is 6.18. The summed E-state index contributed by atoms with van der Waals surface area (Å²) < 4.78 is 10.7. The van der Waals surface area contributed by atoms with Gasteiger partial charge in [0.25, 0.3) is 5.91 Å². The normalized spacial score (nSPS) is 11.3. The van der Waals surface area contributed by atoms with Crippen LogP contribution in [0.25, 0.3) is 0 Å². The fourth-order valence-corrected chi connectivity index (χ4v) is 2.07. The van der Waals surface area contributed by atoms with Crippen LogP contribution in [0.4, 0.5) is 5.69 Å². The number of para-hydroxylation sites is 1. The lowest BCUT2D eigenvalue weighted by atomic mass is 10.2. The van der Waals surface area contributed by atoms with Crippen molar-refractivity contribution in [3.05, 3.63) is 54.6 Å². The van der Waals surface area contributed by atoms with E-state index >= 15 is 0 Å². The van der Waals surface area contributed by atoms with Gasteiger partial charge in [0.15, 0.2) is 6.61 Å². The van der Waals surface area contributed by atoms with Crippen LogP contribution >= 0.6 is 0 Å². The summed E-state index contributed by atoms with van der Waals surface area (Å²) in [6.07, 6.45) is 0. The molecule has 0 fully saturated rings. The van der Waals surface area contributed by atoms with E-state index in [9.17, 15) is 9.59 Å². The second kappa shape index (κ2) is 9.32. The van der Waals surface area contributed by atoms with E-state index in [1.807, 2.05) is 25.1 Å². The first-order valence-electron chi connectivity index (χ1n) is 8.09. The molecule has 0 unspecified atom stereocenters. The maximum absolute atomic E-state index is 12.1. The van der Waals surface area contributed by atoms with E-state index in [4.69, 9.17) is 9.47 Å². The molecule has 2 amide bonds. The molecule has 0 aliphatic heterocycles. The Bertz CT molecular complexity index is 686. The number of carbonyl (C=O) groups is 2. The van der Waals surface area contributed by atoms with E-state index in [2.05, 4.69) is 10.6 Å². The zero-order valence-corrected chi connectivity index (χ0v) is 14.3. The number of hydrogen-bond acceptors (Lipinski definition) is 4. The van der Waals surface area contributed by atoms with Crippen LogP contribution in [-0.4, -0.2) is 31.1 Å². The Morgan fingerprint density at radius 3 is 2.24 bits per heavy atom. The van der Waals surface area contributed by atoms with Gasteiger partial charge in [0.1, 0.15) is 17.5 Å². The lowest BCUT2D eigenvalue weighted by molar-refractivity contribution is -0.127. The van der Waals surface area contributed by atoms with Crippen molar-refractivity contribution >= 4 is 17.5 Å². The summed E-state index contributed by atoms with van der Waals surface area (Å²) in [7, 11) is 0. The molecule has 6 heteroatoms. The van der Waals surface area contributed by atoms with Gasteiger partial charge >= 0.3 is 0 Å². The maximum Gasteiger partial charge on any atom is 0.258 e. The van der Waals surface area contributed by atoms with Gasteiger partial charge in [0.05, 0.1) is 6.61 Å². The highest BCUT2D eigenvalue weighted by atomic mass is 16.5. The molecule has 0 saturated heterocycles. The van der Waals surface area contributed by atoms with Crippen LogP contribution in [0.15, 0.2) is 54.6 Å².